The van der Waals surface area contributed by atoms with Crippen molar-refractivity contribution in [1.29, 1.82) is 0 Å². The van der Waals surface area contributed by atoms with Crippen LogP contribution >= 0.6 is 15.9 Å². The van der Waals surface area contributed by atoms with E-state index >= 15 is 0 Å². The van der Waals surface area contributed by atoms with Gasteiger partial charge in [-0.05, 0) is 34.5 Å². The lowest BCUT2D eigenvalue weighted by molar-refractivity contribution is -0.118. The summed E-state index contributed by atoms with van der Waals surface area (Å²) in [5, 5.41) is 0. The first-order valence-electron chi connectivity index (χ1n) is 4.67. The van der Waals surface area contributed by atoms with Crippen LogP contribution in [0.3, 0.4) is 0 Å². The Bertz CT molecular complexity index is 369. The zero-order valence-corrected chi connectivity index (χ0v) is 10.5. The second kappa shape index (κ2) is 7.81. The predicted molar refractivity (Wildman–Crippen MR) is 64.6 cm³/mol. The van der Waals surface area contributed by atoms with Gasteiger partial charge in [-0.2, -0.15) is 0 Å². The van der Waals surface area contributed by atoms with Gasteiger partial charge in [-0.25, -0.2) is 4.98 Å². The van der Waals surface area contributed by atoms with Crippen LogP contribution in [-0.2, 0) is 4.79 Å². The number of carbonyl (C=O) groups is 2. The summed E-state index contributed by atoms with van der Waals surface area (Å²) in [7, 11) is 0. The van der Waals surface area contributed by atoms with Crippen LogP contribution in [0, 0.1) is 0 Å². The Morgan fingerprint density at radius 1 is 1.44 bits per heavy atom. The summed E-state index contributed by atoms with van der Waals surface area (Å²) in [6, 6.07) is 3.43. The van der Waals surface area contributed by atoms with Crippen molar-refractivity contribution in [3.05, 3.63) is 28.5 Å². The first kappa shape index (κ1) is 14.6. The molecule has 1 aromatic rings. The fraction of sp³-hybridized carbons (Fsp3) is 0.300. The molecule has 6 heteroatoms. The number of nitrogens with zero attached hydrogens (tertiary/aromatic N) is 1. The monoisotopic (exact) mass is 287 g/mol. The Morgan fingerprint density at radius 2 is 2.06 bits per heavy atom. The van der Waals surface area contributed by atoms with Crippen LogP contribution in [0.2, 0.25) is 0 Å². The molecule has 0 unspecified atom stereocenters. The topological polar surface area (TPSA) is 99.1 Å². The second-order valence-electron chi connectivity index (χ2n) is 2.91. The maximum Gasteiger partial charge on any atom is 0.268 e. The number of carbonyl (C=O) groups excluding carboxylic acids is 2. The summed E-state index contributed by atoms with van der Waals surface area (Å²) < 4.78 is 0.627. The number of hydrogen-bond donors (Lipinski definition) is 2. The molecule has 1 heterocycles. The van der Waals surface area contributed by atoms with Gasteiger partial charge in [0, 0.05) is 17.1 Å². The lowest BCUT2D eigenvalue weighted by Gasteiger charge is -1.94. The van der Waals surface area contributed by atoms with Crippen molar-refractivity contribution in [2.24, 2.45) is 11.5 Å². The minimum atomic E-state index is -0.521. The van der Waals surface area contributed by atoms with Gasteiger partial charge in [0.2, 0.25) is 5.91 Å². The highest BCUT2D eigenvalue weighted by Crippen LogP contribution is 2.11. The fourth-order valence-corrected chi connectivity index (χ4v) is 1.26. The third-order valence-corrected chi connectivity index (χ3v) is 2.13. The molecule has 16 heavy (non-hydrogen) atoms. The van der Waals surface area contributed by atoms with Crippen LogP contribution in [0.25, 0.3) is 0 Å². The molecule has 0 fully saturated rings. The lowest BCUT2D eigenvalue weighted by atomic mass is 10.3. The van der Waals surface area contributed by atoms with E-state index in [4.69, 9.17) is 11.5 Å². The zero-order valence-electron chi connectivity index (χ0n) is 8.94. The van der Waals surface area contributed by atoms with E-state index in [1.54, 1.807) is 12.1 Å². The van der Waals surface area contributed by atoms with E-state index in [0.717, 1.165) is 6.42 Å². The van der Waals surface area contributed by atoms with E-state index in [2.05, 4.69) is 20.9 Å². The van der Waals surface area contributed by atoms with Gasteiger partial charge in [-0.3, -0.25) is 9.59 Å². The number of hydrogen-bond acceptors (Lipinski definition) is 3. The third kappa shape index (κ3) is 6.13. The SMILES string of the molecule is CCCC(N)=O.NC(=O)c1ncccc1Br. The minimum Gasteiger partial charge on any atom is -0.370 e. The van der Waals surface area contributed by atoms with Gasteiger partial charge < -0.3 is 11.5 Å². The summed E-state index contributed by atoms with van der Waals surface area (Å²) in [4.78, 5) is 24.1. The minimum absolute atomic E-state index is 0.211. The summed E-state index contributed by atoms with van der Waals surface area (Å²) in [6.07, 6.45) is 2.89. The molecule has 2 amide bonds. The Labute approximate surface area is 102 Å². The van der Waals surface area contributed by atoms with Crippen molar-refractivity contribution >= 4 is 27.7 Å². The molecule has 0 aliphatic carbocycles. The number of primary amides is 2. The van der Waals surface area contributed by atoms with Crippen molar-refractivity contribution in [2.75, 3.05) is 0 Å². The van der Waals surface area contributed by atoms with E-state index in [9.17, 15) is 9.59 Å². The first-order chi connectivity index (χ1) is 7.49. The molecule has 88 valence electrons. The molecule has 0 aromatic carbocycles. The van der Waals surface area contributed by atoms with Crippen LogP contribution in [0.15, 0.2) is 22.8 Å². The summed E-state index contributed by atoms with van der Waals surface area (Å²) in [5.41, 5.74) is 10.0. The highest BCUT2D eigenvalue weighted by atomic mass is 79.9. The molecular formula is C10H14BrN3O2. The van der Waals surface area contributed by atoms with Crippen LogP contribution in [-0.4, -0.2) is 16.8 Å². The van der Waals surface area contributed by atoms with Crippen molar-refractivity contribution < 1.29 is 9.59 Å². The number of amides is 2. The van der Waals surface area contributed by atoms with E-state index in [-0.39, 0.29) is 11.6 Å². The van der Waals surface area contributed by atoms with Crippen LogP contribution in [0.5, 0.6) is 0 Å². The average Bonchev–Trinajstić information content (AvgIpc) is 2.18. The molecule has 0 aliphatic heterocycles. The van der Waals surface area contributed by atoms with Crippen LogP contribution in [0.4, 0.5) is 0 Å². The van der Waals surface area contributed by atoms with Crippen molar-refractivity contribution in [1.82, 2.24) is 4.98 Å². The van der Waals surface area contributed by atoms with Gasteiger partial charge >= 0.3 is 0 Å². The highest BCUT2D eigenvalue weighted by molar-refractivity contribution is 9.10. The van der Waals surface area contributed by atoms with Gasteiger partial charge in [0.15, 0.2) is 0 Å². The Kier molecular flexibility index (Phi) is 7.11. The zero-order chi connectivity index (χ0) is 12.6. The van der Waals surface area contributed by atoms with Crippen LogP contribution in [0.1, 0.15) is 30.3 Å². The van der Waals surface area contributed by atoms with Crippen LogP contribution < -0.4 is 11.5 Å². The molecule has 0 aliphatic rings. The molecule has 4 N–H and O–H groups in total. The van der Waals surface area contributed by atoms with Gasteiger partial charge in [0.25, 0.3) is 5.91 Å². The maximum absolute atomic E-state index is 10.6. The van der Waals surface area contributed by atoms with E-state index in [1.807, 2.05) is 6.92 Å². The standard InChI is InChI=1S/C6H5BrN2O.C4H9NO/c7-4-2-1-3-9-5(4)6(8)10;1-2-3-4(5)6/h1-3H,(H2,8,10);2-3H2,1H3,(H2,5,6). The van der Waals surface area contributed by atoms with E-state index in [0.29, 0.717) is 10.9 Å². The molecule has 1 aromatic heterocycles. The molecule has 0 radical (unpaired) electrons. The Hall–Kier alpha value is -1.43. The van der Waals surface area contributed by atoms with Crippen molar-refractivity contribution in [3.63, 3.8) is 0 Å². The number of aromatic nitrogens is 1. The number of nitrogens with two attached hydrogens (primary N) is 2. The number of pyridine rings is 1. The molecule has 0 saturated heterocycles. The van der Waals surface area contributed by atoms with Gasteiger partial charge in [-0.1, -0.05) is 6.92 Å². The van der Waals surface area contributed by atoms with Crippen molar-refractivity contribution in [2.45, 2.75) is 19.8 Å². The molecule has 0 saturated carbocycles. The van der Waals surface area contributed by atoms with Crippen molar-refractivity contribution in [3.8, 4) is 0 Å². The highest BCUT2D eigenvalue weighted by Gasteiger charge is 2.04. The summed E-state index contributed by atoms with van der Waals surface area (Å²) >= 11 is 3.13. The molecule has 0 spiro atoms. The number of halogens is 1. The molecule has 5 nitrogen and oxygen atoms in total. The normalized spacial score (nSPS) is 8.88. The maximum atomic E-state index is 10.6. The number of rotatable bonds is 3. The smallest absolute Gasteiger partial charge is 0.268 e. The molecule has 0 atom stereocenters. The Balaban J connectivity index is 0.000000325. The molecular weight excluding hydrogens is 274 g/mol. The van der Waals surface area contributed by atoms with E-state index in [1.165, 1.54) is 6.20 Å². The second-order valence-corrected chi connectivity index (χ2v) is 3.77. The molecule has 0 bridgehead atoms. The predicted octanol–water partition coefficient (Wildman–Crippen LogP) is 1.21. The molecule has 1 rings (SSSR count). The summed E-state index contributed by atoms with van der Waals surface area (Å²) in [6.45, 7) is 1.92. The van der Waals surface area contributed by atoms with Gasteiger partial charge in [-0.15, -0.1) is 0 Å². The Morgan fingerprint density at radius 3 is 2.31 bits per heavy atom. The largest absolute Gasteiger partial charge is 0.370 e. The first-order valence-corrected chi connectivity index (χ1v) is 5.47. The average molecular weight is 288 g/mol. The fourth-order valence-electron chi connectivity index (χ4n) is 0.813. The third-order valence-electron chi connectivity index (χ3n) is 1.49. The summed E-state index contributed by atoms with van der Waals surface area (Å²) in [5.74, 6) is -0.732. The van der Waals surface area contributed by atoms with E-state index < -0.39 is 5.91 Å². The van der Waals surface area contributed by atoms with Gasteiger partial charge in [0.1, 0.15) is 5.69 Å². The quantitative estimate of drug-likeness (QED) is 0.874. The van der Waals surface area contributed by atoms with Gasteiger partial charge in [0.05, 0.1) is 0 Å². The lowest BCUT2D eigenvalue weighted by Crippen LogP contribution is -2.13.